The molecule has 0 aromatic heterocycles. The van der Waals surface area contributed by atoms with Gasteiger partial charge in [-0.25, -0.2) is 0 Å². The molecule has 1 amide bonds. The highest BCUT2D eigenvalue weighted by Crippen LogP contribution is 2.26. The molecule has 1 aliphatic heterocycles. The van der Waals surface area contributed by atoms with Gasteiger partial charge in [-0.2, -0.15) is 0 Å². The number of rotatable bonds is 5. The number of fused-ring (bicyclic) bond motifs is 1. The Bertz CT molecular complexity index is 558. The molecule has 1 aliphatic carbocycles. The Kier molecular flexibility index (Phi) is 5.21. The van der Waals surface area contributed by atoms with Crippen molar-refractivity contribution in [2.75, 3.05) is 19.7 Å². The first-order valence-electron chi connectivity index (χ1n) is 8.84. The lowest BCUT2D eigenvalue weighted by molar-refractivity contribution is -0.135. The summed E-state index contributed by atoms with van der Waals surface area (Å²) in [6.07, 6.45) is 5.30. The number of benzene rings is 1. The monoisotopic (exact) mass is 317 g/mol. The summed E-state index contributed by atoms with van der Waals surface area (Å²) in [6.45, 7) is 3.85. The molecule has 4 nitrogen and oxygen atoms in total. The number of hydrogen-bond donors (Lipinski definition) is 1. The zero-order chi connectivity index (χ0) is 16.2. The van der Waals surface area contributed by atoms with Crippen molar-refractivity contribution < 1.29 is 14.6 Å². The second-order valence-corrected chi connectivity index (χ2v) is 6.91. The summed E-state index contributed by atoms with van der Waals surface area (Å²) in [7, 11) is 0. The Hall–Kier alpha value is -1.55. The van der Waals surface area contributed by atoms with Crippen LogP contribution in [0.5, 0.6) is 5.75 Å². The van der Waals surface area contributed by atoms with Crippen molar-refractivity contribution in [1.29, 1.82) is 0 Å². The van der Waals surface area contributed by atoms with Gasteiger partial charge in [0.25, 0.3) is 0 Å². The van der Waals surface area contributed by atoms with Crippen molar-refractivity contribution in [3.8, 4) is 5.75 Å². The molecule has 1 N–H and O–H groups in total. The molecule has 1 fully saturated rings. The van der Waals surface area contributed by atoms with Crippen LogP contribution in [-0.4, -0.2) is 41.7 Å². The van der Waals surface area contributed by atoms with Crippen molar-refractivity contribution in [2.45, 2.75) is 51.6 Å². The lowest BCUT2D eigenvalue weighted by atomic mass is 9.96. The molecule has 126 valence electrons. The smallest absolute Gasteiger partial charge is 0.222 e. The Morgan fingerprint density at radius 2 is 2.17 bits per heavy atom. The second-order valence-electron chi connectivity index (χ2n) is 6.91. The Morgan fingerprint density at radius 3 is 3.00 bits per heavy atom. The van der Waals surface area contributed by atoms with Crippen LogP contribution in [0.15, 0.2) is 18.2 Å². The molecule has 0 saturated carbocycles. The van der Waals surface area contributed by atoms with Gasteiger partial charge in [0.15, 0.2) is 0 Å². The molecule has 1 heterocycles. The average Bonchev–Trinajstić information content (AvgIpc) is 3.01. The van der Waals surface area contributed by atoms with Crippen LogP contribution in [0.2, 0.25) is 0 Å². The second kappa shape index (κ2) is 7.35. The van der Waals surface area contributed by atoms with E-state index in [4.69, 9.17) is 4.74 Å². The third kappa shape index (κ3) is 4.05. The summed E-state index contributed by atoms with van der Waals surface area (Å²) in [5.41, 5.74) is 2.86. The highest BCUT2D eigenvalue weighted by molar-refractivity contribution is 5.76. The topological polar surface area (TPSA) is 49.8 Å². The molecule has 2 aliphatic rings. The maximum absolute atomic E-state index is 12.2. The van der Waals surface area contributed by atoms with Crippen LogP contribution in [0.3, 0.4) is 0 Å². The Morgan fingerprint density at radius 1 is 1.35 bits per heavy atom. The molecule has 0 spiro atoms. The number of likely N-dealkylation sites (tertiary alicyclic amines) is 1. The molecule has 1 aromatic rings. The van der Waals surface area contributed by atoms with E-state index in [-0.39, 0.29) is 12.0 Å². The summed E-state index contributed by atoms with van der Waals surface area (Å²) in [5, 5.41) is 9.88. The van der Waals surface area contributed by atoms with Crippen LogP contribution in [0.25, 0.3) is 0 Å². The maximum Gasteiger partial charge on any atom is 0.222 e. The van der Waals surface area contributed by atoms with Crippen molar-refractivity contribution in [2.24, 2.45) is 5.92 Å². The largest absolute Gasteiger partial charge is 0.494 e. The zero-order valence-electron chi connectivity index (χ0n) is 14.0. The first-order valence-corrected chi connectivity index (χ1v) is 8.84. The number of β-amino-alcohol motifs (C(OH)–C–C–N with tert-alkyl or cyclic N) is 1. The first kappa shape index (κ1) is 16.3. The van der Waals surface area contributed by atoms with E-state index in [1.165, 1.54) is 24.0 Å². The highest BCUT2D eigenvalue weighted by atomic mass is 16.5. The SMILES string of the molecule is CC1CCN(C(=O)CCCOc2ccc3c(c2)CCC3)CC1O. The fraction of sp³-hybridized carbons (Fsp3) is 0.632. The van der Waals surface area contributed by atoms with Crippen LogP contribution in [0.4, 0.5) is 0 Å². The number of carbonyl (C=O) groups excluding carboxylic acids is 1. The number of amides is 1. The van der Waals surface area contributed by atoms with Gasteiger partial charge in [-0.05, 0) is 61.3 Å². The van der Waals surface area contributed by atoms with Gasteiger partial charge >= 0.3 is 0 Å². The third-order valence-corrected chi connectivity index (χ3v) is 5.15. The van der Waals surface area contributed by atoms with E-state index < -0.39 is 0 Å². The minimum absolute atomic E-state index is 0.133. The van der Waals surface area contributed by atoms with Crippen LogP contribution in [-0.2, 0) is 17.6 Å². The quantitative estimate of drug-likeness (QED) is 0.849. The fourth-order valence-electron chi connectivity index (χ4n) is 3.48. The van der Waals surface area contributed by atoms with Gasteiger partial charge in [0.05, 0.1) is 12.7 Å². The standard InChI is InChI=1S/C19H27NO3/c1-14-9-10-20(13-18(14)21)19(22)6-3-11-23-17-8-7-15-4-2-5-16(15)12-17/h7-8,12,14,18,21H,2-6,9-11,13H2,1H3. The Balaban J connectivity index is 1.39. The third-order valence-electron chi connectivity index (χ3n) is 5.15. The van der Waals surface area contributed by atoms with Gasteiger partial charge in [-0.3, -0.25) is 4.79 Å². The van der Waals surface area contributed by atoms with Gasteiger partial charge in [0.2, 0.25) is 5.91 Å². The van der Waals surface area contributed by atoms with Crippen molar-refractivity contribution in [1.82, 2.24) is 4.90 Å². The summed E-state index contributed by atoms with van der Waals surface area (Å²) < 4.78 is 5.79. The number of hydrogen-bond acceptors (Lipinski definition) is 3. The van der Waals surface area contributed by atoms with E-state index in [1.54, 1.807) is 4.90 Å². The van der Waals surface area contributed by atoms with E-state index >= 15 is 0 Å². The van der Waals surface area contributed by atoms with E-state index in [0.29, 0.717) is 25.5 Å². The zero-order valence-corrected chi connectivity index (χ0v) is 14.0. The normalized spacial score (nSPS) is 23.7. The van der Waals surface area contributed by atoms with Gasteiger partial charge in [-0.1, -0.05) is 13.0 Å². The maximum atomic E-state index is 12.2. The number of aryl methyl sites for hydroxylation is 2. The molecule has 1 saturated heterocycles. The Labute approximate surface area is 138 Å². The lowest BCUT2D eigenvalue weighted by Gasteiger charge is -2.34. The number of nitrogens with zero attached hydrogens (tertiary/aromatic N) is 1. The molecule has 2 atom stereocenters. The first-order chi connectivity index (χ1) is 11.1. The van der Waals surface area contributed by atoms with Crippen LogP contribution in [0.1, 0.15) is 43.7 Å². The van der Waals surface area contributed by atoms with Gasteiger partial charge in [0.1, 0.15) is 5.75 Å². The molecular formula is C19H27NO3. The van der Waals surface area contributed by atoms with Gasteiger partial charge < -0.3 is 14.7 Å². The molecule has 1 aromatic carbocycles. The highest BCUT2D eigenvalue weighted by Gasteiger charge is 2.26. The van der Waals surface area contributed by atoms with Crippen LogP contribution < -0.4 is 4.74 Å². The summed E-state index contributed by atoms with van der Waals surface area (Å²) in [6, 6.07) is 6.35. The van der Waals surface area contributed by atoms with Crippen LogP contribution >= 0.6 is 0 Å². The molecule has 2 unspecified atom stereocenters. The van der Waals surface area contributed by atoms with Gasteiger partial charge in [-0.15, -0.1) is 0 Å². The van der Waals surface area contributed by atoms with E-state index in [1.807, 2.05) is 13.0 Å². The molecule has 3 rings (SSSR count). The number of piperidine rings is 1. The number of carbonyl (C=O) groups is 1. The minimum atomic E-state index is -0.379. The molecule has 23 heavy (non-hydrogen) atoms. The van der Waals surface area contributed by atoms with E-state index in [2.05, 4.69) is 12.1 Å². The fourth-order valence-corrected chi connectivity index (χ4v) is 3.48. The summed E-state index contributed by atoms with van der Waals surface area (Å²) in [5.74, 6) is 1.34. The summed E-state index contributed by atoms with van der Waals surface area (Å²) in [4.78, 5) is 14.0. The van der Waals surface area contributed by atoms with E-state index in [9.17, 15) is 9.90 Å². The predicted molar refractivity (Wildman–Crippen MR) is 89.6 cm³/mol. The number of aliphatic hydroxyl groups excluding tert-OH is 1. The van der Waals surface area contributed by atoms with E-state index in [0.717, 1.165) is 31.6 Å². The van der Waals surface area contributed by atoms with Crippen molar-refractivity contribution >= 4 is 5.91 Å². The average molecular weight is 317 g/mol. The van der Waals surface area contributed by atoms with Gasteiger partial charge in [0, 0.05) is 19.5 Å². The summed E-state index contributed by atoms with van der Waals surface area (Å²) >= 11 is 0. The van der Waals surface area contributed by atoms with Crippen molar-refractivity contribution in [3.63, 3.8) is 0 Å². The molecular weight excluding hydrogens is 290 g/mol. The number of aliphatic hydroxyl groups is 1. The molecule has 4 heteroatoms. The molecule has 0 radical (unpaired) electrons. The number of ether oxygens (including phenoxy) is 1. The predicted octanol–water partition coefficient (Wildman–Crippen LogP) is 2.56. The van der Waals surface area contributed by atoms with Crippen LogP contribution in [0, 0.1) is 5.92 Å². The molecule has 0 bridgehead atoms. The van der Waals surface area contributed by atoms with Crippen molar-refractivity contribution in [3.05, 3.63) is 29.3 Å². The minimum Gasteiger partial charge on any atom is -0.494 e. The lowest BCUT2D eigenvalue weighted by Crippen LogP contribution is -2.45.